The molecule has 58 valence electrons. The van der Waals surface area contributed by atoms with Crippen LogP contribution in [0.25, 0.3) is 0 Å². The van der Waals surface area contributed by atoms with Crippen LogP contribution < -0.4 is 5.32 Å². The van der Waals surface area contributed by atoms with E-state index in [1.54, 1.807) is 5.32 Å². The second kappa shape index (κ2) is 2.56. The number of carbonyl (C=O) groups is 1. The molecule has 0 radical (unpaired) electrons. The molecular formula is C6H11NO3. The molecule has 1 saturated heterocycles. The van der Waals surface area contributed by atoms with Crippen LogP contribution in [0.5, 0.6) is 0 Å². The first-order valence-corrected chi connectivity index (χ1v) is 3.02. The number of hydrogen-bond donors (Lipinski definition) is 2. The van der Waals surface area contributed by atoms with Crippen molar-refractivity contribution in [2.45, 2.75) is 18.6 Å². The molecule has 0 saturated carbocycles. The van der Waals surface area contributed by atoms with Crippen LogP contribution in [0.15, 0.2) is 0 Å². The first-order valence-electron chi connectivity index (χ1n) is 4.52. The molecule has 4 nitrogen and oxygen atoms in total. The minimum absolute atomic E-state index is 0.134. The molecule has 1 amide bonds. The SMILES string of the molecule is [2H]C([2H])([2H])NC(=O)C1(O)CCCO1. The van der Waals surface area contributed by atoms with E-state index in [1.165, 1.54) is 0 Å². The van der Waals surface area contributed by atoms with Gasteiger partial charge in [-0.05, 0) is 6.42 Å². The molecule has 10 heavy (non-hydrogen) atoms. The summed E-state index contributed by atoms with van der Waals surface area (Å²) in [6.45, 7) is -2.32. The monoisotopic (exact) mass is 148 g/mol. The Kier molecular flexibility index (Phi) is 1.10. The Labute approximate surface area is 63.4 Å². The molecule has 0 aromatic heterocycles. The summed E-state index contributed by atoms with van der Waals surface area (Å²) in [7, 11) is 0. The smallest absolute Gasteiger partial charge is 0.279 e. The van der Waals surface area contributed by atoms with Crippen molar-refractivity contribution in [1.82, 2.24) is 5.32 Å². The summed E-state index contributed by atoms with van der Waals surface area (Å²) in [6.07, 6.45) is 0.680. The van der Waals surface area contributed by atoms with Crippen LogP contribution in [0, 0.1) is 0 Å². The second-order valence-electron chi connectivity index (χ2n) is 2.19. The fourth-order valence-electron chi connectivity index (χ4n) is 0.902. The molecule has 1 aliphatic rings. The van der Waals surface area contributed by atoms with Gasteiger partial charge in [0.1, 0.15) is 0 Å². The molecule has 2 N–H and O–H groups in total. The van der Waals surface area contributed by atoms with E-state index in [0.29, 0.717) is 6.42 Å². The quantitative estimate of drug-likeness (QED) is 0.513. The Morgan fingerprint density at radius 3 is 3.30 bits per heavy atom. The lowest BCUT2D eigenvalue weighted by atomic mass is 10.2. The maximum atomic E-state index is 11.1. The van der Waals surface area contributed by atoms with Gasteiger partial charge in [-0.25, -0.2) is 0 Å². The maximum absolute atomic E-state index is 11.1. The van der Waals surface area contributed by atoms with Crippen molar-refractivity contribution in [1.29, 1.82) is 0 Å². The van der Waals surface area contributed by atoms with Gasteiger partial charge in [0.05, 0.1) is 6.61 Å². The van der Waals surface area contributed by atoms with Crippen molar-refractivity contribution in [2.24, 2.45) is 0 Å². The van der Waals surface area contributed by atoms with E-state index in [1.807, 2.05) is 0 Å². The molecule has 0 aromatic carbocycles. The van der Waals surface area contributed by atoms with Gasteiger partial charge in [0.15, 0.2) is 0 Å². The molecule has 1 rings (SSSR count). The summed E-state index contributed by atoms with van der Waals surface area (Å²) < 4.78 is 25.0. The van der Waals surface area contributed by atoms with Crippen molar-refractivity contribution in [3.63, 3.8) is 0 Å². The first kappa shape index (κ1) is 4.31. The van der Waals surface area contributed by atoms with E-state index in [4.69, 9.17) is 8.85 Å². The topological polar surface area (TPSA) is 58.6 Å². The third-order valence-corrected chi connectivity index (χ3v) is 1.47. The number of likely N-dealkylation sites (N-methyl/N-ethyl adjacent to an activating group) is 1. The number of carbonyl (C=O) groups excluding carboxylic acids is 1. The number of amides is 1. The molecule has 1 atom stereocenters. The molecule has 0 spiro atoms. The van der Waals surface area contributed by atoms with Crippen LogP contribution in [0.3, 0.4) is 0 Å². The fraction of sp³-hybridized carbons (Fsp3) is 0.833. The summed E-state index contributed by atoms with van der Waals surface area (Å²) in [6, 6.07) is 0. The Balaban J connectivity index is 2.57. The predicted octanol–water partition coefficient (Wildman–Crippen LogP) is -0.769. The van der Waals surface area contributed by atoms with Crippen LogP contribution in [0.1, 0.15) is 17.0 Å². The molecular weight excluding hydrogens is 134 g/mol. The van der Waals surface area contributed by atoms with Gasteiger partial charge >= 0.3 is 0 Å². The summed E-state index contributed by atoms with van der Waals surface area (Å²) in [5.74, 6) is -2.95. The van der Waals surface area contributed by atoms with Gasteiger partial charge in [-0.1, -0.05) is 0 Å². The third-order valence-electron chi connectivity index (χ3n) is 1.47. The van der Waals surface area contributed by atoms with E-state index in [-0.39, 0.29) is 13.0 Å². The lowest BCUT2D eigenvalue weighted by Gasteiger charge is -2.18. The summed E-state index contributed by atoms with van der Waals surface area (Å²) in [5.41, 5.74) is 0. The Hall–Kier alpha value is -0.610. The van der Waals surface area contributed by atoms with Crippen LogP contribution in [-0.4, -0.2) is 30.4 Å². The van der Waals surface area contributed by atoms with E-state index in [9.17, 15) is 9.90 Å². The van der Waals surface area contributed by atoms with Crippen molar-refractivity contribution < 1.29 is 18.8 Å². The van der Waals surface area contributed by atoms with Crippen molar-refractivity contribution in [2.75, 3.05) is 13.6 Å². The van der Waals surface area contributed by atoms with E-state index >= 15 is 0 Å². The molecule has 0 bridgehead atoms. The average Bonchev–Trinajstić information content (AvgIpc) is 2.33. The van der Waals surface area contributed by atoms with Gasteiger partial charge in [-0.15, -0.1) is 0 Å². The highest BCUT2D eigenvalue weighted by Crippen LogP contribution is 2.21. The van der Waals surface area contributed by atoms with Crippen LogP contribution in [-0.2, 0) is 9.53 Å². The van der Waals surface area contributed by atoms with E-state index in [0.717, 1.165) is 0 Å². The molecule has 1 heterocycles. The van der Waals surface area contributed by atoms with Crippen molar-refractivity contribution in [3.8, 4) is 0 Å². The van der Waals surface area contributed by atoms with Gasteiger partial charge < -0.3 is 15.2 Å². The average molecular weight is 148 g/mol. The Morgan fingerprint density at radius 2 is 2.80 bits per heavy atom. The molecule has 0 aliphatic carbocycles. The lowest BCUT2D eigenvalue weighted by Crippen LogP contribution is -2.44. The van der Waals surface area contributed by atoms with E-state index < -0.39 is 18.7 Å². The Morgan fingerprint density at radius 1 is 2.00 bits per heavy atom. The zero-order valence-electron chi connectivity index (χ0n) is 8.39. The van der Waals surface area contributed by atoms with Crippen LogP contribution in [0.2, 0.25) is 0 Å². The summed E-state index contributed by atoms with van der Waals surface area (Å²) >= 11 is 0. The summed E-state index contributed by atoms with van der Waals surface area (Å²) in [5, 5.41) is 11.1. The number of rotatable bonds is 1. The van der Waals surface area contributed by atoms with Gasteiger partial charge in [0.2, 0.25) is 5.79 Å². The maximum Gasteiger partial charge on any atom is 0.279 e. The number of hydrogen-bond acceptors (Lipinski definition) is 3. The minimum atomic E-state index is -2.58. The highest BCUT2D eigenvalue weighted by atomic mass is 16.6. The molecule has 1 aliphatic heterocycles. The third kappa shape index (κ3) is 1.12. The number of nitrogens with one attached hydrogen (secondary N) is 1. The predicted molar refractivity (Wildman–Crippen MR) is 34.2 cm³/mol. The number of aliphatic hydroxyl groups is 1. The van der Waals surface area contributed by atoms with Gasteiger partial charge in [-0.3, -0.25) is 4.79 Å². The van der Waals surface area contributed by atoms with Crippen LogP contribution in [0.4, 0.5) is 0 Å². The van der Waals surface area contributed by atoms with Crippen molar-refractivity contribution in [3.05, 3.63) is 0 Å². The number of ether oxygens (including phenoxy) is 1. The van der Waals surface area contributed by atoms with Gasteiger partial charge in [0, 0.05) is 17.5 Å². The largest absolute Gasteiger partial charge is 0.358 e. The first-order chi connectivity index (χ1) is 5.83. The van der Waals surface area contributed by atoms with E-state index in [2.05, 4.69) is 0 Å². The highest BCUT2D eigenvalue weighted by Gasteiger charge is 2.39. The van der Waals surface area contributed by atoms with Gasteiger partial charge in [0.25, 0.3) is 5.91 Å². The minimum Gasteiger partial charge on any atom is -0.358 e. The normalized spacial score (nSPS) is 37.9. The molecule has 4 heteroatoms. The molecule has 1 fully saturated rings. The highest BCUT2D eigenvalue weighted by molar-refractivity contribution is 5.83. The standard InChI is InChI=1S/C6H11NO3/c1-7-5(8)6(9)3-2-4-10-6/h9H,2-4H2,1H3,(H,7,8)/i1D3. The lowest BCUT2D eigenvalue weighted by molar-refractivity contribution is -0.188. The van der Waals surface area contributed by atoms with Crippen molar-refractivity contribution >= 4 is 5.91 Å². The second-order valence-corrected chi connectivity index (χ2v) is 2.19. The molecule has 1 unspecified atom stereocenters. The summed E-state index contributed by atoms with van der Waals surface area (Å²) in [4.78, 5) is 11.1. The Bertz CT molecular complexity index is 210. The van der Waals surface area contributed by atoms with Crippen LogP contribution >= 0.6 is 0 Å². The zero-order valence-corrected chi connectivity index (χ0v) is 5.39. The zero-order chi connectivity index (χ0) is 10.1. The van der Waals surface area contributed by atoms with Gasteiger partial charge in [-0.2, -0.15) is 0 Å². The fourth-order valence-corrected chi connectivity index (χ4v) is 0.902. The molecule has 0 aromatic rings.